The van der Waals surface area contributed by atoms with Crippen molar-refractivity contribution >= 4 is 27.5 Å². The van der Waals surface area contributed by atoms with Gasteiger partial charge in [-0.15, -0.1) is 0 Å². The normalized spacial score (nSPS) is 13.2. The van der Waals surface area contributed by atoms with Crippen LogP contribution in [0.2, 0.25) is 5.02 Å². The summed E-state index contributed by atoms with van der Waals surface area (Å²) in [6, 6.07) is 14.3. The zero-order valence-electron chi connectivity index (χ0n) is 12.5. The molecule has 1 atom stereocenters. The van der Waals surface area contributed by atoms with Crippen LogP contribution < -0.4 is 11.3 Å². The van der Waals surface area contributed by atoms with Crippen LogP contribution in [0.4, 0.5) is 0 Å². The van der Waals surface area contributed by atoms with Crippen molar-refractivity contribution in [2.75, 3.05) is 0 Å². The van der Waals surface area contributed by atoms with Gasteiger partial charge in [-0.1, -0.05) is 62.7 Å². The van der Waals surface area contributed by atoms with E-state index in [0.717, 1.165) is 15.6 Å². The monoisotopic (exact) mass is 366 g/mol. The Morgan fingerprint density at radius 2 is 1.62 bits per heavy atom. The van der Waals surface area contributed by atoms with E-state index in [0.29, 0.717) is 5.02 Å². The smallest absolute Gasteiger partial charge is 0.0710 e. The Morgan fingerprint density at radius 3 is 2.10 bits per heavy atom. The van der Waals surface area contributed by atoms with Crippen LogP contribution in [0.15, 0.2) is 46.9 Å². The standard InChI is InChI=1S/C17H20BrClN2/c1-17(2,3)13-7-4-11(5-8-13)16(21-20)12-6-9-14(18)15(19)10-12/h4-10,16,21H,20H2,1-3H3. The second-order valence-electron chi connectivity index (χ2n) is 6.15. The van der Waals surface area contributed by atoms with Crippen LogP contribution in [0.25, 0.3) is 0 Å². The summed E-state index contributed by atoms with van der Waals surface area (Å²) in [6.45, 7) is 6.61. The van der Waals surface area contributed by atoms with Crippen molar-refractivity contribution < 1.29 is 0 Å². The third kappa shape index (κ3) is 3.86. The van der Waals surface area contributed by atoms with Crippen LogP contribution in [0.5, 0.6) is 0 Å². The zero-order valence-corrected chi connectivity index (χ0v) is 14.8. The molecule has 0 saturated carbocycles. The lowest BCUT2D eigenvalue weighted by Crippen LogP contribution is -2.29. The van der Waals surface area contributed by atoms with Crippen molar-refractivity contribution in [3.05, 3.63) is 68.7 Å². The van der Waals surface area contributed by atoms with E-state index < -0.39 is 0 Å². The first-order valence-corrected chi connectivity index (χ1v) is 8.01. The Bertz CT molecular complexity index is 618. The number of nitrogens with two attached hydrogens (primary N) is 1. The van der Waals surface area contributed by atoms with Gasteiger partial charge in [-0.25, -0.2) is 5.43 Å². The molecular formula is C17H20BrClN2. The van der Waals surface area contributed by atoms with Crippen molar-refractivity contribution in [1.29, 1.82) is 0 Å². The minimum Gasteiger partial charge on any atom is -0.271 e. The van der Waals surface area contributed by atoms with E-state index in [2.05, 4.69) is 66.4 Å². The van der Waals surface area contributed by atoms with E-state index >= 15 is 0 Å². The minimum absolute atomic E-state index is 0.0791. The molecule has 0 aromatic heterocycles. The van der Waals surface area contributed by atoms with Gasteiger partial charge in [0.25, 0.3) is 0 Å². The molecule has 0 saturated heterocycles. The van der Waals surface area contributed by atoms with Crippen LogP contribution in [-0.4, -0.2) is 0 Å². The van der Waals surface area contributed by atoms with Crippen molar-refractivity contribution in [2.45, 2.75) is 32.2 Å². The summed E-state index contributed by atoms with van der Waals surface area (Å²) in [5.74, 6) is 5.74. The molecule has 0 radical (unpaired) electrons. The van der Waals surface area contributed by atoms with Crippen LogP contribution in [0.3, 0.4) is 0 Å². The van der Waals surface area contributed by atoms with Gasteiger partial charge in [0.05, 0.1) is 11.1 Å². The highest BCUT2D eigenvalue weighted by Crippen LogP contribution is 2.30. The largest absolute Gasteiger partial charge is 0.271 e. The molecule has 0 aliphatic rings. The van der Waals surface area contributed by atoms with E-state index in [1.54, 1.807) is 0 Å². The number of benzene rings is 2. The van der Waals surface area contributed by atoms with E-state index in [-0.39, 0.29) is 11.5 Å². The number of halogens is 2. The minimum atomic E-state index is -0.0791. The lowest BCUT2D eigenvalue weighted by molar-refractivity contribution is 0.588. The van der Waals surface area contributed by atoms with Gasteiger partial charge in [-0.3, -0.25) is 5.84 Å². The molecule has 21 heavy (non-hydrogen) atoms. The molecule has 1 unspecified atom stereocenters. The number of nitrogens with one attached hydrogen (secondary N) is 1. The van der Waals surface area contributed by atoms with Gasteiger partial charge in [0.1, 0.15) is 0 Å². The van der Waals surface area contributed by atoms with Crippen LogP contribution >= 0.6 is 27.5 Å². The second kappa shape index (κ2) is 6.49. The fourth-order valence-corrected chi connectivity index (χ4v) is 2.69. The van der Waals surface area contributed by atoms with Gasteiger partial charge in [0.2, 0.25) is 0 Å². The zero-order chi connectivity index (χ0) is 15.6. The molecule has 0 spiro atoms. The molecular weight excluding hydrogens is 348 g/mol. The summed E-state index contributed by atoms with van der Waals surface area (Å²) in [5.41, 5.74) is 6.46. The number of hydrogen-bond acceptors (Lipinski definition) is 2. The van der Waals surface area contributed by atoms with E-state index in [1.807, 2.05) is 18.2 Å². The van der Waals surface area contributed by atoms with Gasteiger partial charge in [0.15, 0.2) is 0 Å². The summed E-state index contributed by atoms with van der Waals surface area (Å²) >= 11 is 9.58. The number of rotatable bonds is 3. The van der Waals surface area contributed by atoms with Gasteiger partial charge in [-0.2, -0.15) is 0 Å². The number of hydrazine groups is 1. The lowest BCUT2D eigenvalue weighted by Gasteiger charge is -2.22. The average Bonchev–Trinajstić information content (AvgIpc) is 2.43. The predicted octanol–water partition coefficient (Wildman–Crippen LogP) is 4.95. The van der Waals surface area contributed by atoms with E-state index in [9.17, 15) is 0 Å². The highest BCUT2D eigenvalue weighted by Gasteiger charge is 2.16. The van der Waals surface area contributed by atoms with Crippen molar-refractivity contribution in [1.82, 2.24) is 5.43 Å². The number of hydrogen-bond donors (Lipinski definition) is 2. The van der Waals surface area contributed by atoms with Crippen LogP contribution in [-0.2, 0) is 5.41 Å². The maximum atomic E-state index is 6.17. The first-order valence-electron chi connectivity index (χ1n) is 6.84. The fourth-order valence-electron chi connectivity index (χ4n) is 2.25. The first kappa shape index (κ1) is 16.5. The molecule has 2 rings (SSSR count). The first-order chi connectivity index (χ1) is 9.82. The lowest BCUT2D eigenvalue weighted by atomic mass is 9.86. The Hall–Kier alpha value is -0.870. The third-order valence-electron chi connectivity index (χ3n) is 3.55. The highest BCUT2D eigenvalue weighted by molar-refractivity contribution is 9.10. The molecule has 3 N–H and O–H groups in total. The quantitative estimate of drug-likeness (QED) is 0.595. The molecule has 2 nitrogen and oxygen atoms in total. The molecule has 2 aromatic carbocycles. The average molecular weight is 368 g/mol. The SMILES string of the molecule is CC(C)(C)c1ccc(C(NN)c2ccc(Br)c(Cl)c2)cc1. The van der Waals surface area contributed by atoms with E-state index in [1.165, 1.54) is 5.56 Å². The molecule has 4 heteroatoms. The van der Waals surface area contributed by atoms with Gasteiger partial charge >= 0.3 is 0 Å². The summed E-state index contributed by atoms with van der Waals surface area (Å²) < 4.78 is 0.881. The van der Waals surface area contributed by atoms with Crippen molar-refractivity contribution in [3.8, 4) is 0 Å². The van der Waals surface area contributed by atoms with Gasteiger partial charge < -0.3 is 0 Å². The maximum Gasteiger partial charge on any atom is 0.0710 e. The fraction of sp³-hybridized carbons (Fsp3) is 0.294. The molecule has 0 fully saturated rings. The third-order valence-corrected chi connectivity index (χ3v) is 4.79. The summed E-state index contributed by atoms with van der Waals surface area (Å²) in [5, 5.41) is 0.680. The Kier molecular flexibility index (Phi) is 5.10. The summed E-state index contributed by atoms with van der Waals surface area (Å²) in [7, 11) is 0. The Morgan fingerprint density at radius 1 is 1.05 bits per heavy atom. The summed E-state index contributed by atoms with van der Waals surface area (Å²) in [4.78, 5) is 0. The van der Waals surface area contributed by atoms with Crippen molar-refractivity contribution in [2.24, 2.45) is 5.84 Å². The second-order valence-corrected chi connectivity index (χ2v) is 7.41. The molecule has 0 heterocycles. The van der Waals surface area contributed by atoms with Crippen LogP contribution in [0, 0.1) is 0 Å². The van der Waals surface area contributed by atoms with E-state index in [4.69, 9.17) is 17.4 Å². The van der Waals surface area contributed by atoms with Crippen LogP contribution in [0.1, 0.15) is 43.5 Å². The molecule has 0 aliphatic heterocycles. The predicted molar refractivity (Wildman–Crippen MR) is 93.5 cm³/mol. The summed E-state index contributed by atoms with van der Waals surface area (Å²) in [6.07, 6.45) is 0. The topological polar surface area (TPSA) is 38.0 Å². The Labute approximate surface area is 139 Å². The molecule has 0 amide bonds. The molecule has 0 aliphatic carbocycles. The van der Waals surface area contributed by atoms with Gasteiger partial charge in [0, 0.05) is 4.47 Å². The molecule has 2 aromatic rings. The van der Waals surface area contributed by atoms with Crippen molar-refractivity contribution in [3.63, 3.8) is 0 Å². The highest BCUT2D eigenvalue weighted by atomic mass is 79.9. The Balaban J connectivity index is 2.35. The molecule has 0 bridgehead atoms. The maximum absolute atomic E-state index is 6.17. The van der Waals surface area contributed by atoms with Gasteiger partial charge in [-0.05, 0) is 50.2 Å². The molecule has 112 valence electrons.